The van der Waals surface area contributed by atoms with Crippen LogP contribution in [0.3, 0.4) is 0 Å². The van der Waals surface area contributed by atoms with Crippen molar-refractivity contribution in [3.05, 3.63) is 0 Å². The summed E-state index contributed by atoms with van der Waals surface area (Å²) < 4.78 is 5.05. The Kier molecular flexibility index (Phi) is 5.78. The van der Waals surface area contributed by atoms with Gasteiger partial charge in [0.2, 0.25) is 0 Å². The van der Waals surface area contributed by atoms with Crippen molar-refractivity contribution in [3.8, 4) is 0 Å². The standard InChI is InChI=1S/C5H10O2.C2H4O2/c6-4-5-2-1-3-7-5;1-2(3)4/h5-6H,1-4H2;1H3,(H,3,4). The highest BCUT2D eigenvalue weighted by atomic mass is 16.5. The Labute approximate surface area is 65.8 Å². The molecule has 0 aromatic rings. The minimum atomic E-state index is -0.833. The predicted octanol–water partition coefficient (Wildman–Crippen LogP) is 0.249. The second kappa shape index (κ2) is 6.12. The Morgan fingerprint density at radius 1 is 1.73 bits per heavy atom. The summed E-state index contributed by atoms with van der Waals surface area (Å²) in [5.41, 5.74) is 0. The number of carboxylic acid groups (broad SMARTS) is 1. The molecule has 11 heavy (non-hydrogen) atoms. The van der Waals surface area contributed by atoms with Crippen molar-refractivity contribution < 1.29 is 19.7 Å². The Morgan fingerprint density at radius 2 is 2.27 bits per heavy atom. The second-order valence-electron chi connectivity index (χ2n) is 2.34. The van der Waals surface area contributed by atoms with Gasteiger partial charge in [-0.05, 0) is 12.8 Å². The number of aliphatic hydroxyl groups excluding tert-OH is 1. The number of carboxylic acids is 1. The highest BCUT2D eigenvalue weighted by molar-refractivity contribution is 5.62. The number of hydrogen-bond acceptors (Lipinski definition) is 3. The lowest BCUT2D eigenvalue weighted by Crippen LogP contribution is -2.09. The van der Waals surface area contributed by atoms with Crippen LogP contribution in [0.4, 0.5) is 0 Å². The van der Waals surface area contributed by atoms with Gasteiger partial charge in [-0.15, -0.1) is 0 Å². The van der Waals surface area contributed by atoms with E-state index < -0.39 is 5.97 Å². The summed E-state index contributed by atoms with van der Waals surface area (Å²) in [5.74, 6) is -0.833. The van der Waals surface area contributed by atoms with Gasteiger partial charge in [0, 0.05) is 13.5 Å². The van der Waals surface area contributed by atoms with Gasteiger partial charge in [0.15, 0.2) is 0 Å². The first-order chi connectivity index (χ1) is 5.16. The number of ether oxygens (including phenoxy) is 1. The van der Waals surface area contributed by atoms with Crippen LogP contribution in [0.5, 0.6) is 0 Å². The molecule has 66 valence electrons. The molecular weight excluding hydrogens is 148 g/mol. The third-order valence-corrected chi connectivity index (χ3v) is 1.23. The Balaban J connectivity index is 0.000000218. The average Bonchev–Trinajstić information content (AvgIpc) is 2.36. The summed E-state index contributed by atoms with van der Waals surface area (Å²) in [6, 6.07) is 0. The number of rotatable bonds is 1. The molecule has 1 aliphatic heterocycles. The molecule has 0 aromatic carbocycles. The lowest BCUT2D eigenvalue weighted by Gasteiger charge is -2.00. The molecule has 0 saturated carbocycles. The molecule has 0 amide bonds. The molecule has 2 N–H and O–H groups in total. The third-order valence-electron chi connectivity index (χ3n) is 1.23. The van der Waals surface area contributed by atoms with E-state index in [0.717, 1.165) is 26.4 Å². The van der Waals surface area contributed by atoms with Crippen molar-refractivity contribution in [2.24, 2.45) is 0 Å². The molecule has 4 heteroatoms. The largest absolute Gasteiger partial charge is 0.481 e. The van der Waals surface area contributed by atoms with Gasteiger partial charge >= 0.3 is 0 Å². The molecule has 0 aliphatic carbocycles. The Morgan fingerprint density at radius 3 is 2.45 bits per heavy atom. The molecule has 1 unspecified atom stereocenters. The average molecular weight is 162 g/mol. The van der Waals surface area contributed by atoms with E-state index in [2.05, 4.69) is 0 Å². The van der Waals surface area contributed by atoms with Gasteiger partial charge in [-0.1, -0.05) is 0 Å². The zero-order chi connectivity index (χ0) is 8.69. The molecule has 0 aromatic heterocycles. The van der Waals surface area contributed by atoms with Gasteiger partial charge in [0.1, 0.15) is 0 Å². The first kappa shape index (κ1) is 10.4. The van der Waals surface area contributed by atoms with Crippen LogP contribution in [0.2, 0.25) is 0 Å². The first-order valence-electron chi connectivity index (χ1n) is 3.58. The quantitative estimate of drug-likeness (QED) is 0.580. The molecule has 0 radical (unpaired) electrons. The van der Waals surface area contributed by atoms with Gasteiger partial charge in [-0.25, -0.2) is 0 Å². The van der Waals surface area contributed by atoms with E-state index in [9.17, 15) is 0 Å². The fraction of sp³-hybridized carbons (Fsp3) is 0.857. The van der Waals surface area contributed by atoms with E-state index in [1.807, 2.05) is 0 Å². The van der Waals surface area contributed by atoms with Crippen molar-refractivity contribution in [3.63, 3.8) is 0 Å². The fourth-order valence-corrected chi connectivity index (χ4v) is 0.788. The highest BCUT2D eigenvalue weighted by Gasteiger charge is 2.12. The van der Waals surface area contributed by atoms with Crippen LogP contribution in [0.1, 0.15) is 19.8 Å². The highest BCUT2D eigenvalue weighted by Crippen LogP contribution is 2.09. The van der Waals surface area contributed by atoms with Crippen molar-refractivity contribution >= 4 is 5.97 Å². The summed E-state index contributed by atoms with van der Waals surface area (Å²) in [4.78, 5) is 9.00. The van der Waals surface area contributed by atoms with Crippen molar-refractivity contribution in [1.29, 1.82) is 0 Å². The Bertz CT molecular complexity index is 103. The Hall–Kier alpha value is -0.610. The summed E-state index contributed by atoms with van der Waals surface area (Å²) in [5, 5.41) is 15.9. The van der Waals surface area contributed by atoms with Crippen molar-refractivity contribution in [1.82, 2.24) is 0 Å². The molecule has 1 saturated heterocycles. The number of aliphatic hydroxyl groups is 1. The molecule has 0 spiro atoms. The number of aliphatic carboxylic acids is 1. The summed E-state index contributed by atoms with van der Waals surface area (Å²) in [7, 11) is 0. The maximum atomic E-state index is 9.00. The van der Waals surface area contributed by atoms with Gasteiger partial charge in [-0.3, -0.25) is 4.79 Å². The minimum Gasteiger partial charge on any atom is -0.481 e. The SMILES string of the molecule is CC(=O)O.OCC1CCCO1. The molecule has 1 rings (SSSR count). The van der Waals surface area contributed by atoms with Crippen LogP contribution < -0.4 is 0 Å². The van der Waals surface area contributed by atoms with Crippen LogP contribution in [0.25, 0.3) is 0 Å². The predicted molar refractivity (Wildman–Crippen MR) is 39.4 cm³/mol. The molecule has 1 aliphatic rings. The van der Waals surface area contributed by atoms with Crippen molar-refractivity contribution in [2.45, 2.75) is 25.9 Å². The van der Waals surface area contributed by atoms with Crippen LogP contribution in [0, 0.1) is 0 Å². The summed E-state index contributed by atoms with van der Waals surface area (Å²) >= 11 is 0. The van der Waals surface area contributed by atoms with E-state index >= 15 is 0 Å². The van der Waals surface area contributed by atoms with E-state index in [1.165, 1.54) is 0 Å². The third kappa shape index (κ3) is 7.29. The van der Waals surface area contributed by atoms with E-state index in [-0.39, 0.29) is 12.7 Å². The lowest BCUT2D eigenvalue weighted by molar-refractivity contribution is -0.134. The zero-order valence-electron chi connectivity index (χ0n) is 6.62. The zero-order valence-corrected chi connectivity index (χ0v) is 6.62. The van der Waals surface area contributed by atoms with Crippen LogP contribution in [-0.4, -0.2) is 35.5 Å². The van der Waals surface area contributed by atoms with E-state index in [4.69, 9.17) is 19.7 Å². The second-order valence-corrected chi connectivity index (χ2v) is 2.34. The molecule has 1 atom stereocenters. The van der Waals surface area contributed by atoms with Gasteiger partial charge in [-0.2, -0.15) is 0 Å². The van der Waals surface area contributed by atoms with E-state index in [1.54, 1.807) is 0 Å². The molecule has 1 fully saturated rings. The maximum absolute atomic E-state index is 9.00. The normalized spacial score (nSPS) is 22.2. The minimum absolute atomic E-state index is 0.153. The fourth-order valence-electron chi connectivity index (χ4n) is 0.788. The van der Waals surface area contributed by atoms with Crippen molar-refractivity contribution in [2.75, 3.05) is 13.2 Å². The van der Waals surface area contributed by atoms with E-state index in [0.29, 0.717) is 0 Å². The number of hydrogen-bond donors (Lipinski definition) is 2. The topological polar surface area (TPSA) is 66.8 Å². The lowest BCUT2D eigenvalue weighted by atomic mass is 10.2. The summed E-state index contributed by atoms with van der Waals surface area (Å²) in [6.07, 6.45) is 2.31. The van der Waals surface area contributed by atoms with Gasteiger partial charge in [0.05, 0.1) is 12.7 Å². The molecule has 4 nitrogen and oxygen atoms in total. The van der Waals surface area contributed by atoms with Gasteiger partial charge < -0.3 is 14.9 Å². The van der Waals surface area contributed by atoms with Gasteiger partial charge in [0.25, 0.3) is 5.97 Å². The molecular formula is C7H14O4. The maximum Gasteiger partial charge on any atom is 0.300 e. The number of carbonyl (C=O) groups is 1. The first-order valence-corrected chi connectivity index (χ1v) is 3.58. The smallest absolute Gasteiger partial charge is 0.300 e. The monoisotopic (exact) mass is 162 g/mol. The molecule has 1 heterocycles. The van der Waals surface area contributed by atoms with Crippen LogP contribution in [-0.2, 0) is 9.53 Å². The van der Waals surface area contributed by atoms with Crippen LogP contribution >= 0.6 is 0 Å². The summed E-state index contributed by atoms with van der Waals surface area (Å²) in [6.45, 7) is 2.12. The van der Waals surface area contributed by atoms with Crippen LogP contribution in [0.15, 0.2) is 0 Å². The molecule has 0 bridgehead atoms.